The molecule has 2 aromatic rings. The highest BCUT2D eigenvalue weighted by molar-refractivity contribution is 7.89. The topological polar surface area (TPSA) is 99.0 Å². The SMILES string of the molecule is COc1ccc(S(=O)(=O)N(C)Cc2ccc([N+](=O)[O-])cc2)cc1OC. The molecule has 0 atom stereocenters. The quantitative estimate of drug-likeness (QED) is 0.551. The summed E-state index contributed by atoms with van der Waals surface area (Å²) in [5.41, 5.74) is 0.589. The third kappa shape index (κ3) is 4.06. The molecule has 25 heavy (non-hydrogen) atoms. The van der Waals surface area contributed by atoms with E-state index < -0.39 is 14.9 Å². The number of nitrogens with zero attached hydrogens (tertiary/aromatic N) is 2. The van der Waals surface area contributed by atoms with Crippen LogP contribution >= 0.6 is 0 Å². The number of hydrogen-bond donors (Lipinski definition) is 0. The summed E-state index contributed by atoms with van der Waals surface area (Å²) in [4.78, 5) is 10.2. The minimum atomic E-state index is -3.76. The highest BCUT2D eigenvalue weighted by Crippen LogP contribution is 2.30. The lowest BCUT2D eigenvalue weighted by atomic mass is 10.2. The van der Waals surface area contributed by atoms with E-state index in [1.807, 2.05) is 0 Å². The number of nitro benzene ring substituents is 1. The maximum Gasteiger partial charge on any atom is 0.269 e. The summed E-state index contributed by atoms with van der Waals surface area (Å²) in [6.45, 7) is 0.0780. The third-order valence-electron chi connectivity index (χ3n) is 3.62. The molecule has 0 radical (unpaired) electrons. The molecule has 0 aliphatic rings. The molecular formula is C16H18N2O6S. The molecule has 0 spiro atoms. The number of sulfonamides is 1. The van der Waals surface area contributed by atoms with Gasteiger partial charge in [-0.25, -0.2) is 8.42 Å². The molecule has 8 nitrogen and oxygen atoms in total. The summed E-state index contributed by atoms with van der Waals surface area (Å²) in [5, 5.41) is 10.7. The zero-order valence-electron chi connectivity index (χ0n) is 14.0. The van der Waals surface area contributed by atoms with Gasteiger partial charge in [0, 0.05) is 31.8 Å². The monoisotopic (exact) mass is 366 g/mol. The first-order chi connectivity index (χ1) is 11.8. The van der Waals surface area contributed by atoms with Crippen molar-refractivity contribution in [2.75, 3.05) is 21.3 Å². The van der Waals surface area contributed by atoms with Gasteiger partial charge in [0.05, 0.1) is 24.0 Å². The van der Waals surface area contributed by atoms with Gasteiger partial charge >= 0.3 is 0 Å². The summed E-state index contributed by atoms with van der Waals surface area (Å²) in [6.07, 6.45) is 0. The molecule has 0 aromatic heterocycles. The van der Waals surface area contributed by atoms with Gasteiger partial charge in [0.2, 0.25) is 10.0 Å². The van der Waals surface area contributed by atoms with E-state index in [-0.39, 0.29) is 17.1 Å². The zero-order chi connectivity index (χ0) is 18.6. The molecule has 0 bridgehead atoms. The molecule has 0 amide bonds. The zero-order valence-corrected chi connectivity index (χ0v) is 14.8. The van der Waals surface area contributed by atoms with Crippen molar-refractivity contribution in [3.05, 3.63) is 58.1 Å². The summed E-state index contributed by atoms with van der Waals surface area (Å²) < 4.78 is 36.8. The van der Waals surface area contributed by atoms with Gasteiger partial charge in [0.25, 0.3) is 5.69 Å². The number of non-ortho nitro benzene ring substituents is 1. The Balaban J connectivity index is 2.25. The van der Waals surface area contributed by atoms with Gasteiger partial charge in [-0.05, 0) is 17.7 Å². The molecule has 0 unspecified atom stereocenters. The molecule has 0 N–H and O–H groups in total. The highest BCUT2D eigenvalue weighted by Gasteiger charge is 2.23. The fourth-order valence-electron chi connectivity index (χ4n) is 2.22. The van der Waals surface area contributed by atoms with Crippen molar-refractivity contribution in [2.24, 2.45) is 0 Å². The average molecular weight is 366 g/mol. The minimum absolute atomic E-state index is 0.0471. The van der Waals surface area contributed by atoms with E-state index >= 15 is 0 Å². The van der Waals surface area contributed by atoms with Crippen LogP contribution in [0.4, 0.5) is 5.69 Å². The van der Waals surface area contributed by atoms with Crippen molar-refractivity contribution in [3.63, 3.8) is 0 Å². The molecule has 0 aliphatic carbocycles. The van der Waals surface area contributed by atoms with E-state index in [4.69, 9.17) is 9.47 Å². The number of benzene rings is 2. The van der Waals surface area contributed by atoms with E-state index in [2.05, 4.69) is 0 Å². The Morgan fingerprint density at radius 3 is 2.16 bits per heavy atom. The Hall–Kier alpha value is -2.65. The second-order valence-corrected chi connectivity index (χ2v) is 7.25. The van der Waals surface area contributed by atoms with E-state index in [1.165, 1.54) is 63.7 Å². The predicted molar refractivity (Wildman–Crippen MR) is 91.3 cm³/mol. The van der Waals surface area contributed by atoms with E-state index in [0.717, 1.165) is 4.31 Å². The molecule has 134 valence electrons. The predicted octanol–water partition coefficient (Wildman–Crippen LogP) is 2.43. The standard InChI is InChI=1S/C16H18N2O6S/c1-17(11-12-4-6-13(7-5-12)18(19)20)25(21,22)14-8-9-15(23-2)16(10-14)24-3/h4-10H,11H2,1-3H3. The number of rotatable bonds is 7. The first-order valence-corrected chi connectivity index (χ1v) is 8.65. The Kier molecular flexibility index (Phi) is 5.60. The van der Waals surface area contributed by atoms with Crippen LogP contribution in [0.3, 0.4) is 0 Å². The van der Waals surface area contributed by atoms with Gasteiger partial charge in [-0.2, -0.15) is 4.31 Å². The summed E-state index contributed by atoms with van der Waals surface area (Å²) in [7, 11) is 0.571. The van der Waals surface area contributed by atoms with Crippen LogP contribution in [0, 0.1) is 10.1 Å². The summed E-state index contributed by atoms with van der Waals surface area (Å²) in [5.74, 6) is 0.742. The van der Waals surface area contributed by atoms with Crippen LogP contribution in [0.5, 0.6) is 11.5 Å². The smallest absolute Gasteiger partial charge is 0.269 e. The molecule has 0 aliphatic heterocycles. The second kappa shape index (κ2) is 7.49. The first-order valence-electron chi connectivity index (χ1n) is 7.21. The van der Waals surface area contributed by atoms with Crippen LogP contribution in [0.25, 0.3) is 0 Å². The average Bonchev–Trinajstić information content (AvgIpc) is 2.61. The van der Waals surface area contributed by atoms with Crippen LogP contribution in [-0.4, -0.2) is 38.9 Å². The van der Waals surface area contributed by atoms with Crippen molar-refractivity contribution in [3.8, 4) is 11.5 Å². The summed E-state index contributed by atoms with van der Waals surface area (Å²) >= 11 is 0. The fourth-order valence-corrected chi connectivity index (χ4v) is 3.40. The van der Waals surface area contributed by atoms with E-state index in [1.54, 1.807) is 0 Å². The fraction of sp³-hybridized carbons (Fsp3) is 0.250. The van der Waals surface area contributed by atoms with Gasteiger partial charge in [0.15, 0.2) is 11.5 Å². The van der Waals surface area contributed by atoms with Crippen molar-refractivity contribution >= 4 is 15.7 Å². The molecular weight excluding hydrogens is 348 g/mol. The number of nitro groups is 1. The second-order valence-electron chi connectivity index (χ2n) is 5.20. The van der Waals surface area contributed by atoms with Crippen molar-refractivity contribution < 1.29 is 22.8 Å². The minimum Gasteiger partial charge on any atom is -0.493 e. The van der Waals surface area contributed by atoms with Gasteiger partial charge < -0.3 is 9.47 Å². The maximum atomic E-state index is 12.7. The number of ether oxygens (including phenoxy) is 2. The molecule has 0 fully saturated rings. The molecule has 2 rings (SSSR count). The summed E-state index contributed by atoms with van der Waals surface area (Å²) in [6, 6.07) is 10.1. The van der Waals surface area contributed by atoms with Crippen LogP contribution in [-0.2, 0) is 16.6 Å². The number of hydrogen-bond acceptors (Lipinski definition) is 6. The van der Waals surface area contributed by atoms with E-state index in [9.17, 15) is 18.5 Å². The third-order valence-corrected chi connectivity index (χ3v) is 5.41. The Morgan fingerprint density at radius 1 is 1.04 bits per heavy atom. The molecule has 0 heterocycles. The Bertz CT molecular complexity index is 865. The van der Waals surface area contributed by atoms with E-state index in [0.29, 0.717) is 17.1 Å². The van der Waals surface area contributed by atoms with Gasteiger partial charge in [-0.15, -0.1) is 0 Å². The first kappa shape index (κ1) is 18.7. The molecule has 0 saturated heterocycles. The lowest BCUT2D eigenvalue weighted by Crippen LogP contribution is -2.26. The molecule has 2 aromatic carbocycles. The Morgan fingerprint density at radius 2 is 1.64 bits per heavy atom. The molecule has 9 heteroatoms. The van der Waals surface area contributed by atoms with Gasteiger partial charge in [0.1, 0.15) is 0 Å². The largest absolute Gasteiger partial charge is 0.493 e. The lowest BCUT2D eigenvalue weighted by Gasteiger charge is -2.18. The van der Waals surface area contributed by atoms with Crippen molar-refractivity contribution in [1.82, 2.24) is 4.31 Å². The van der Waals surface area contributed by atoms with Crippen molar-refractivity contribution in [1.29, 1.82) is 0 Å². The highest BCUT2D eigenvalue weighted by atomic mass is 32.2. The van der Waals surface area contributed by atoms with Crippen LogP contribution in [0.1, 0.15) is 5.56 Å². The molecule has 0 saturated carbocycles. The van der Waals surface area contributed by atoms with Crippen LogP contribution in [0.15, 0.2) is 47.4 Å². The Labute approximate surface area is 145 Å². The van der Waals surface area contributed by atoms with Crippen LogP contribution in [0.2, 0.25) is 0 Å². The lowest BCUT2D eigenvalue weighted by molar-refractivity contribution is -0.384. The van der Waals surface area contributed by atoms with Crippen LogP contribution < -0.4 is 9.47 Å². The normalized spacial score (nSPS) is 11.4. The van der Waals surface area contributed by atoms with Gasteiger partial charge in [-0.3, -0.25) is 10.1 Å². The van der Waals surface area contributed by atoms with Gasteiger partial charge in [-0.1, -0.05) is 12.1 Å². The maximum absolute atomic E-state index is 12.7. The number of methoxy groups -OCH3 is 2. The van der Waals surface area contributed by atoms with Crippen molar-refractivity contribution in [2.45, 2.75) is 11.4 Å².